The molecule has 0 heterocycles. The summed E-state index contributed by atoms with van der Waals surface area (Å²) in [7, 11) is -3.48. The van der Waals surface area contributed by atoms with Gasteiger partial charge in [0.1, 0.15) is 0 Å². The van der Waals surface area contributed by atoms with E-state index in [4.69, 9.17) is 0 Å². The summed E-state index contributed by atoms with van der Waals surface area (Å²) >= 11 is 0. The molecule has 0 saturated carbocycles. The van der Waals surface area contributed by atoms with E-state index in [1.165, 1.54) is 6.07 Å². The van der Waals surface area contributed by atoms with Crippen molar-refractivity contribution in [3.05, 3.63) is 29.8 Å². The average Bonchev–Trinajstić information content (AvgIpc) is 2.46. The van der Waals surface area contributed by atoms with Gasteiger partial charge >= 0.3 is 0 Å². The van der Waals surface area contributed by atoms with Gasteiger partial charge in [0.25, 0.3) is 5.91 Å². The molecule has 0 aliphatic carbocycles. The smallest absolute Gasteiger partial charge is 0.252 e. The minimum atomic E-state index is -3.48. The molecule has 23 heavy (non-hydrogen) atoms. The minimum Gasteiger partial charge on any atom is -0.350 e. The van der Waals surface area contributed by atoms with Crippen molar-refractivity contribution >= 4 is 15.7 Å². The maximum atomic E-state index is 12.5. The number of nitrogens with one attached hydrogen (secondary N) is 1. The lowest BCUT2D eigenvalue weighted by Crippen LogP contribution is -2.33. The largest absolute Gasteiger partial charge is 0.350 e. The topological polar surface area (TPSA) is 63.2 Å². The zero-order valence-electron chi connectivity index (χ0n) is 14.8. The first kappa shape index (κ1) is 19.7. The van der Waals surface area contributed by atoms with Gasteiger partial charge in [-0.1, -0.05) is 38.8 Å². The third-order valence-electron chi connectivity index (χ3n) is 3.85. The molecule has 1 N–H and O–H groups in total. The van der Waals surface area contributed by atoms with Gasteiger partial charge in [-0.2, -0.15) is 0 Å². The van der Waals surface area contributed by atoms with Crippen LogP contribution >= 0.6 is 0 Å². The van der Waals surface area contributed by atoms with E-state index in [1.807, 2.05) is 6.92 Å². The van der Waals surface area contributed by atoms with Crippen molar-refractivity contribution in [3.63, 3.8) is 0 Å². The fourth-order valence-electron chi connectivity index (χ4n) is 2.36. The Morgan fingerprint density at radius 3 is 2.22 bits per heavy atom. The molecule has 130 valence electrons. The van der Waals surface area contributed by atoms with Crippen LogP contribution in [0.5, 0.6) is 0 Å². The molecule has 0 aliphatic heterocycles. The Morgan fingerprint density at radius 2 is 1.65 bits per heavy atom. The van der Waals surface area contributed by atoms with E-state index in [9.17, 15) is 13.2 Å². The van der Waals surface area contributed by atoms with Crippen molar-refractivity contribution in [2.75, 3.05) is 0 Å². The molecule has 0 aromatic heterocycles. The normalized spacial score (nSPS) is 13.3. The fraction of sp³-hybridized carbons (Fsp3) is 0.611. The van der Waals surface area contributed by atoms with Crippen LogP contribution < -0.4 is 5.32 Å². The monoisotopic (exact) mass is 339 g/mol. The van der Waals surface area contributed by atoms with Crippen LogP contribution in [0.3, 0.4) is 0 Å². The Morgan fingerprint density at radius 1 is 1.04 bits per heavy atom. The number of sulfone groups is 1. The van der Waals surface area contributed by atoms with Gasteiger partial charge < -0.3 is 5.32 Å². The molecule has 1 rings (SSSR count). The Bertz CT molecular complexity index is 621. The van der Waals surface area contributed by atoms with Crippen molar-refractivity contribution in [1.29, 1.82) is 0 Å². The number of hydrogen-bond acceptors (Lipinski definition) is 3. The molecule has 0 saturated heterocycles. The van der Waals surface area contributed by atoms with Crippen molar-refractivity contribution in [1.82, 2.24) is 5.32 Å². The second-order valence-corrected chi connectivity index (χ2v) is 9.26. The van der Waals surface area contributed by atoms with Crippen LogP contribution in [0, 0.1) is 5.92 Å². The lowest BCUT2D eigenvalue weighted by Gasteiger charge is -2.17. The van der Waals surface area contributed by atoms with Crippen LogP contribution in [-0.4, -0.2) is 25.6 Å². The van der Waals surface area contributed by atoms with Crippen LogP contribution in [0.2, 0.25) is 0 Å². The first-order valence-electron chi connectivity index (χ1n) is 8.30. The molecule has 1 unspecified atom stereocenters. The lowest BCUT2D eigenvalue weighted by molar-refractivity contribution is 0.0934. The fourth-order valence-corrected chi connectivity index (χ4v) is 3.61. The standard InChI is InChI=1S/C18H29NO3S/c1-13(2)9-8-10-15(5)19-18(20)16-11-6-7-12-17(16)23(21,22)14(3)4/h6-7,11-15H,8-10H2,1-5H3,(H,19,20). The summed E-state index contributed by atoms with van der Waals surface area (Å²) in [6.07, 6.45) is 3.06. The number of carbonyl (C=O) groups excluding carboxylic acids is 1. The van der Waals surface area contributed by atoms with E-state index in [2.05, 4.69) is 19.2 Å². The van der Waals surface area contributed by atoms with Gasteiger partial charge in [0.2, 0.25) is 0 Å². The summed E-state index contributed by atoms with van der Waals surface area (Å²) in [6.45, 7) is 9.56. The van der Waals surface area contributed by atoms with E-state index in [-0.39, 0.29) is 22.4 Å². The van der Waals surface area contributed by atoms with Crippen molar-refractivity contribution in [3.8, 4) is 0 Å². The molecule has 4 nitrogen and oxygen atoms in total. The summed E-state index contributed by atoms with van der Waals surface area (Å²) < 4.78 is 24.8. The van der Waals surface area contributed by atoms with Crippen LogP contribution in [0.25, 0.3) is 0 Å². The van der Waals surface area contributed by atoms with E-state index < -0.39 is 15.1 Å². The maximum absolute atomic E-state index is 12.5. The zero-order chi connectivity index (χ0) is 17.6. The highest BCUT2D eigenvalue weighted by Gasteiger charge is 2.25. The SMILES string of the molecule is CC(C)CCCC(C)NC(=O)c1ccccc1S(=O)(=O)C(C)C. The summed E-state index contributed by atoms with van der Waals surface area (Å²) in [5.41, 5.74) is 0.233. The number of hydrogen-bond donors (Lipinski definition) is 1. The lowest BCUT2D eigenvalue weighted by atomic mass is 10.0. The van der Waals surface area contributed by atoms with Gasteiger partial charge in [-0.3, -0.25) is 4.79 Å². The molecule has 1 amide bonds. The van der Waals surface area contributed by atoms with E-state index in [0.29, 0.717) is 5.92 Å². The summed E-state index contributed by atoms with van der Waals surface area (Å²) in [4.78, 5) is 12.6. The maximum Gasteiger partial charge on any atom is 0.252 e. The highest BCUT2D eigenvalue weighted by atomic mass is 32.2. The van der Waals surface area contributed by atoms with Gasteiger partial charge in [0.05, 0.1) is 15.7 Å². The summed E-state index contributed by atoms with van der Waals surface area (Å²) in [5, 5.41) is 2.36. The van der Waals surface area contributed by atoms with Crippen LogP contribution in [-0.2, 0) is 9.84 Å². The van der Waals surface area contributed by atoms with Gasteiger partial charge in [-0.15, -0.1) is 0 Å². The van der Waals surface area contributed by atoms with Crippen molar-refractivity contribution in [2.24, 2.45) is 5.92 Å². The Labute approximate surface area is 140 Å². The second kappa shape index (κ2) is 8.48. The molecule has 1 aromatic rings. The van der Waals surface area contributed by atoms with Gasteiger partial charge in [-0.05, 0) is 45.2 Å². The molecule has 0 bridgehead atoms. The van der Waals surface area contributed by atoms with Crippen LogP contribution in [0.15, 0.2) is 29.2 Å². The molecule has 0 fully saturated rings. The van der Waals surface area contributed by atoms with E-state index >= 15 is 0 Å². The first-order chi connectivity index (χ1) is 10.7. The van der Waals surface area contributed by atoms with Gasteiger partial charge in [-0.25, -0.2) is 8.42 Å². The zero-order valence-corrected chi connectivity index (χ0v) is 15.6. The van der Waals surface area contributed by atoms with Crippen molar-refractivity contribution in [2.45, 2.75) is 70.1 Å². The molecule has 0 spiro atoms. The minimum absolute atomic E-state index is 0.0241. The molecular formula is C18H29NO3S. The summed E-state index contributed by atoms with van der Waals surface area (Å²) in [6, 6.07) is 6.45. The third-order valence-corrected chi connectivity index (χ3v) is 6.07. The van der Waals surface area contributed by atoms with E-state index in [1.54, 1.807) is 32.0 Å². The second-order valence-electron chi connectivity index (χ2n) is 6.79. The highest BCUT2D eigenvalue weighted by molar-refractivity contribution is 7.92. The van der Waals surface area contributed by atoms with Gasteiger partial charge in [0.15, 0.2) is 9.84 Å². The van der Waals surface area contributed by atoms with Crippen LogP contribution in [0.1, 0.15) is 64.2 Å². The predicted molar refractivity (Wildman–Crippen MR) is 94.4 cm³/mol. The third kappa shape index (κ3) is 5.65. The van der Waals surface area contributed by atoms with Crippen molar-refractivity contribution < 1.29 is 13.2 Å². The molecule has 1 aromatic carbocycles. The highest BCUT2D eigenvalue weighted by Crippen LogP contribution is 2.20. The number of benzene rings is 1. The number of amides is 1. The molecule has 5 heteroatoms. The first-order valence-corrected chi connectivity index (χ1v) is 9.84. The predicted octanol–water partition coefficient (Wildman–Crippen LogP) is 3.81. The van der Waals surface area contributed by atoms with Crippen LogP contribution in [0.4, 0.5) is 0 Å². The van der Waals surface area contributed by atoms with E-state index in [0.717, 1.165) is 19.3 Å². The molecular weight excluding hydrogens is 310 g/mol. The summed E-state index contributed by atoms with van der Waals surface area (Å²) in [5.74, 6) is 0.330. The van der Waals surface area contributed by atoms with Gasteiger partial charge in [0, 0.05) is 6.04 Å². The molecule has 0 aliphatic rings. The number of rotatable bonds is 8. The molecule has 1 atom stereocenters. The Kier molecular flexibility index (Phi) is 7.26. The Balaban J connectivity index is 2.85. The Hall–Kier alpha value is -1.36. The quantitative estimate of drug-likeness (QED) is 0.783. The number of carbonyl (C=O) groups is 1. The average molecular weight is 340 g/mol. The molecule has 0 radical (unpaired) electrons.